The van der Waals surface area contributed by atoms with E-state index in [2.05, 4.69) is 219 Å². The molecule has 2 nitrogen and oxygen atoms in total. The zero-order valence-electron chi connectivity index (χ0n) is 31.0. The third kappa shape index (κ3) is 5.42. The van der Waals surface area contributed by atoms with Crippen LogP contribution in [0.4, 0.5) is 17.1 Å². The van der Waals surface area contributed by atoms with Gasteiger partial charge < -0.3 is 9.47 Å². The summed E-state index contributed by atoms with van der Waals surface area (Å²) in [6, 6.07) is 61.9. The lowest BCUT2D eigenvalue weighted by Crippen LogP contribution is -2.27. The Kier molecular flexibility index (Phi) is 8.24. The Hall–Kier alpha value is -6.64. The van der Waals surface area contributed by atoms with Gasteiger partial charge in [-0.1, -0.05) is 154 Å². The number of hydrogen-bond acceptors (Lipinski definition) is 1. The number of fused-ring (bicyclic) bond motifs is 4. The minimum Gasteiger partial charge on any atom is -0.310 e. The van der Waals surface area contributed by atoms with Gasteiger partial charge >= 0.3 is 0 Å². The van der Waals surface area contributed by atoms with Crippen LogP contribution < -0.4 is 15.5 Å². The summed E-state index contributed by atoms with van der Waals surface area (Å²) in [7, 11) is 0. The van der Waals surface area contributed by atoms with Gasteiger partial charge in [0.05, 0.1) is 16.6 Å². The molecule has 2 heteroatoms. The van der Waals surface area contributed by atoms with E-state index in [1.165, 1.54) is 60.8 Å². The second kappa shape index (κ2) is 13.4. The molecule has 1 aliphatic carbocycles. The van der Waals surface area contributed by atoms with Crippen LogP contribution in [0, 0.1) is 0 Å². The molecule has 1 aliphatic rings. The molecule has 0 saturated heterocycles. The summed E-state index contributed by atoms with van der Waals surface area (Å²) in [6.07, 6.45) is 6.23. The smallest absolute Gasteiger partial charge is 0.0561 e. The lowest BCUT2D eigenvalue weighted by atomic mass is 9.81. The highest BCUT2D eigenvalue weighted by Gasteiger charge is 2.38. The first-order valence-electron chi connectivity index (χ1n) is 18.8. The van der Waals surface area contributed by atoms with E-state index >= 15 is 0 Å². The number of allylic oxidation sites excluding steroid dienone is 1. The topological polar surface area (TPSA) is 8.17 Å². The fraction of sp³-hybridized carbons (Fsp3) is 0.0769. The normalized spacial score (nSPS) is 13.5. The van der Waals surface area contributed by atoms with Crippen LogP contribution in [0.15, 0.2) is 183 Å². The summed E-state index contributed by atoms with van der Waals surface area (Å²) >= 11 is 0. The first-order chi connectivity index (χ1) is 26.5. The Bertz CT molecular complexity index is 2750. The second-order valence-corrected chi connectivity index (χ2v) is 14.6. The number of benzene rings is 7. The predicted octanol–water partition coefficient (Wildman–Crippen LogP) is 12.5. The van der Waals surface area contributed by atoms with Crippen molar-refractivity contribution < 1.29 is 0 Å². The van der Waals surface area contributed by atoms with Crippen LogP contribution in [0.25, 0.3) is 62.1 Å². The molecule has 7 aromatic carbocycles. The molecule has 0 bridgehead atoms. The van der Waals surface area contributed by atoms with Gasteiger partial charge in [-0.15, -0.1) is 0 Å². The lowest BCUT2D eigenvalue weighted by Gasteiger charge is -2.33. The molecular weight excluding hydrogens is 653 g/mol. The monoisotopic (exact) mass is 694 g/mol. The van der Waals surface area contributed by atoms with Crippen molar-refractivity contribution in [1.29, 1.82) is 0 Å². The molecule has 0 atom stereocenters. The van der Waals surface area contributed by atoms with E-state index < -0.39 is 0 Å². The first-order valence-corrected chi connectivity index (χ1v) is 18.8. The molecule has 0 amide bonds. The highest BCUT2D eigenvalue weighted by Crippen LogP contribution is 2.54. The Morgan fingerprint density at radius 1 is 0.574 bits per heavy atom. The van der Waals surface area contributed by atoms with Crippen molar-refractivity contribution in [3.05, 3.63) is 204 Å². The van der Waals surface area contributed by atoms with Crippen LogP contribution in [0.5, 0.6) is 0 Å². The van der Waals surface area contributed by atoms with Crippen molar-refractivity contribution in [3.8, 4) is 39.1 Å². The van der Waals surface area contributed by atoms with E-state index in [0.717, 1.165) is 27.9 Å². The summed E-state index contributed by atoms with van der Waals surface area (Å²) in [5.74, 6) is 0. The number of anilines is 3. The summed E-state index contributed by atoms with van der Waals surface area (Å²) < 4.78 is 2.37. The predicted molar refractivity (Wildman–Crippen MR) is 230 cm³/mol. The van der Waals surface area contributed by atoms with E-state index in [0.29, 0.717) is 0 Å². The molecule has 0 spiro atoms. The van der Waals surface area contributed by atoms with Gasteiger partial charge in [-0.2, -0.15) is 0 Å². The van der Waals surface area contributed by atoms with Crippen LogP contribution in [0.2, 0.25) is 0 Å². The number of hydrogen-bond donors (Lipinski definition) is 0. The van der Waals surface area contributed by atoms with Gasteiger partial charge in [0.2, 0.25) is 0 Å². The summed E-state index contributed by atoms with van der Waals surface area (Å²) in [4.78, 5) is 2.50. The maximum absolute atomic E-state index is 4.10. The molecule has 0 aliphatic heterocycles. The molecule has 9 rings (SSSR count). The van der Waals surface area contributed by atoms with Gasteiger partial charge in [0.15, 0.2) is 0 Å². The zero-order chi connectivity index (χ0) is 36.8. The van der Waals surface area contributed by atoms with Crippen molar-refractivity contribution in [1.82, 2.24) is 4.57 Å². The summed E-state index contributed by atoms with van der Waals surface area (Å²) in [5.41, 5.74) is 15.4. The van der Waals surface area contributed by atoms with Crippen LogP contribution in [0.1, 0.15) is 31.9 Å². The Labute approximate surface area is 317 Å². The van der Waals surface area contributed by atoms with Crippen molar-refractivity contribution in [2.45, 2.75) is 26.2 Å². The van der Waals surface area contributed by atoms with E-state index in [4.69, 9.17) is 0 Å². The van der Waals surface area contributed by atoms with Crippen molar-refractivity contribution in [3.63, 3.8) is 0 Å². The van der Waals surface area contributed by atoms with Crippen molar-refractivity contribution in [2.75, 3.05) is 4.90 Å². The van der Waals surface area contributed by atoms with E-state index in [-0.39, 0.29) is 5.41 Å². The maximum Gasteiger partial charge on any atom is 0.0561 e. The van der Waals surface area contributed by atoms with Crippen LogP contribution in [-0.2, 0) is 5.41 Å². The number of rotatable bonds is 7. The lowest BCUT2D eigenvalue weighted by molar-refractivity contribution is 0.661. The quantitative estimate of drug-likeness (QED) is 0.161. The summed E-state index contributed by atoms with van der Waals surface area (Å²) in [6.45, 7) is 11.0. The third-order valence-electron chi connectivity index (χ3n) is 11.1. The van der Waals surface area contributed by atoms with E-state index in [1.807, 2.05) is 6.08 Å². The molecule has 0 radical (unpaired) electrons. The molecule has 1 heterocycles. The molecule has 1 aromatic heterocycles. The fourth-order valence-corrected chi connectivity index (χ4v) is 8.66. The third-order valence-corrected chi connectivity index (χ3v) is 11.1. The molecule has 54 heavy (non-hydrogen) atoms. The minimum absolute atomic E-state index is 0.217. The van der Waals surface area contributed by atoms with Gasteiger partial charge in [-0.3, -0.25) is 0 Å². The van der Waals surface area contributed by atoms with Gasteiger partial charge in [0, 0.05) is 33.1 Å². The molecule has 0 unspecified atom stereocenters. The second-order valence-electron chi connectivity index (χ2n) is 14.6. The molecule has 0 fully saturated rings. The van der Waals surface area contributed by atoms with E-state index in [9.17, 15) is 0 Å². The molecule has 8 aromatic rings. The summed E-state index contributed by atoms with van der Waals surface area (Å²) in [5, 5.41) is 3.51. The first kappa shape index (κ1) is 33.2. The average molecular weight is 695 g/mol. The van der Waals surface area contributed by atoms with Crippen LogP contribution >= 0.6 is 0 Å². The molecular formula is C52H42N2. The van der Waals surface area contributed by atoms with Gasteiger partial charge in [-0.25, -0.2) is 0 Å². The number of aromatic nitrogens is 1. The molecule has 260 valence electrons. The van der Waals surface area contributed by atoms with Gasteiger partial charge in [0.25, 0.3) is 0 Å². The van der Waals surface area contributed by atoms with Gasteiger partial charge in [-0.05, 0) is 106 Å². The van der Waals surface area contributed by atoms with Crippen LogP contribution in [0.3, 0.4) is 0 Å². The highest BCUT2D eigenvalue weighted by molar-refractivity contribution is 5.95. The van der Waals surface area contributed by atoms with E-state index in [1.54, 1.807) is 0 Å². The maximum atomic E-state index is 4.10. The zero-order valence-corrected chi connectivity index (χ0v) is 31.0. The number of para-hydroxylation sites is 1. The largest absolute Gasteiger partial charge is 0.310 e. The molecule has 0 saturated carbocycles. The SMILES string of the molecule is C=C/C=c1\c(=C/C)c2ccc(N(c3cc(-c4ccccc4)cc(-c4ccccc4)c3)c3cccc4c3C(C)(C)c3ccccc3-4)cc2n1-c1ccccc1. The van der Waals surface area contributed by atoms with Crippen molar-refractivity contribution in [2.24, 2.45) is 0 Å². The van der Waals surface area contributed by atoms with Gasteiger partial charge in [0.1, 0.15) is 0 Å². The van der Waals surface area contributed by atoms with Crippen molar-refractivity contribution >= 4 is 40.1 Å². The Morgan fingerprint density at radius 2 is 1.19 bits per heavy atom. The number of nitrogens with zero attached hydrogens (tertiary/aromatic N) is 2. The molecule has 0 N–H and O–H groups in total. The Balaban J connectivity index is 1.39. The standard InChI is InChI=1S/C52H42N2/c1-5-19-48-43(6-2)45-31-30-41(35-50(45)54(48)40-24-14-9-15-25-40)53(49-29-18-27-46-44-26-16-17-28-47(44)52(3,4)51(46)49)42-33-38(36-20-10-7-11-21-36)32-39(34-42)37-22-12-8-13-23-37/h5-35H,1H2,2-4H3/b43-6-,48-19+. The average Bonchev–Trinajstić information content (AvgIpc) is 3.66. The van der Waals surface area contributed by atoms with Crippen LogP contribution in [-0.4, -0.2) is 4.57 Å². The Morgan fingerprint density at radius 3 is 1.83 bits per heavy atom. The minimum atomic E-state index is -0.217. The fourth-order valence-electron chi connectivity index (χ4n) is 8.66. The highest BCUT2D eigenvalue weighted by atomic mass is 15.1.